The topological polar surface area (TPSA) is 77.8 Å². The van der Waals surface area contributed by atoms with E-state index in [0.29, 0.717) is 17.6 Å². The van der Waals surface area contributed by atoms with Gasteiger partial charge in [0.05, 0.1) is 14.8 Å². The molecular formula is C13H10BrN3O2S. The molecule has 3 aromatic rings. The molecule has 0 radical (unpaired) electrons. The second-order valence-corrected chi connectivity index (χ2v) is 6.57. The second-order valence-electron chi connectivity index (χ2n) is 4.28. The molecule has 2 heterocycles. The van der Waals surface area contributed by atoms with E-state index < -0.39 is 11.1 Å². The Hall–Kier alpha value is -1.86. The van der Waals surface area contributed by atoms with Gasteiger partial charge in [0.2, 0.25) is 0 Å². The Labute approximate surface area is 125 Å². The Bertz CT molecular complexity index is 881. The van der Waals surface area contributed by atoms with Crippen LogP contribution in [0.25, 0.3) is 11.0 Å². The quantitative estimate of drug-likeness (QED) is 0.634. The Morgan fingerprint density at radius 1 is 1.10 bits per heavy atom. The van der Waals surface area contributed by atoms with E-state index in [-0.39, 0.29) is 0 Å². The van der Waals surface area contributed by atoms with Crippen LogP contribution < -0.4 is 16.4 Å². The van der Waals surface area contributed by atoms with Gasteiger partial charge in [0.25, 0.3) is 0 Å². The van der Waals surface area contributed by atoms with E-state index in [4.69, 9.17) is 0 Å². The summed E-state index contributed by atoms with van der Waals surface area (Å²) >= 11 is 5.06. The van der Waals surface area contributed by atoms with Gasteiger partial charge >= 0.3 is 11.1 Å². The van der Waals surface area contributed by atoms with Crippen LogP contribution in [-0.2, 0) is 6.54 Å². The number of thiophene rings is 1. The molecule has 0 unspecified atom stereocenters. The molecule has 2 aromatic heterocycles. The Kier molecular flexibility index (Phi) is 3.45. The average molecular weight is 352 g/mol. The van der Waals surface area contributed by atoms with Gasteiger partial charge in [-0.15, -0.1) is 11.3 Å². The molecule has 7 heteroatoms. The molecule has 0 saturated carbocycles. The number of hydrogen-bond donors (Lipinski definition) is 3. The van der Waals surface area contributed by atoms with Gasteiger partial charge in [-0.1, -0.05) is 0 Å². The van der Waals surface area contributed by atoms with Gasteiger partial charge in [-0.25, -0.2) is 0 Å². The Balaban J connectivity index is 1.87. The summed E-state index contributed by atoms with van der Waals surface area (Å²) in [6.45, 7) is 0.696. The number of aromatic nitrogens is 2. The molecular weight excluding hydrogens is 342 g/mol. The molecule has 3 N–H and O–H groups in total. The van der Waals surface area contributed by atoms with Crippen molar-refractivity contribution >= 4 is 44.0 Å². The van der Waals surface area contributed by atoms with E-state index >= 15 is 0 Å². The van der Waals surface area contributed by atoms with E-state index in [1.54, 1.807) is 23.5 Å². The normalized spacial score (nSPS) is 10.8. The molecule has 0 bridgehead atoms. The number of anilines is 1. The van der Waals surface area contributed by atoms with Crippen molar-refractivity contribution in [3.05, 3.63) is 59.7 Å². The molecule has 20 heavy (non-hydrogen) atoms. The molecule has 1 aromatic carbocycles. The number of aromatic amines is 2. The minimum atomic E-state index is -0.642. The average Bonchev–Trinajstić information content (AvgIpc) is 2.84. The van der Waals surface area contributed by atoms with Crippen molar-refractivity contribution in [3.63, 3.8) is 0 Å². The van der Waals surface area contributed by atoms with Gasteiger partial charge in [0, 0.05) is 12.2 Å². The maximum atomic E-state index is 11.3. The number of rotatable bonds is 3. The zero-order chi connectivity index (χ0) is 14.1. The smallest absolute Gasteiger partial charge is 0.314 e. The lowest BCUT2D eigenvalue weighted by atomic mass is 10.2. The third kappa shape index (κ3) is 2.68. The van der Waals surface area contributed by atoms with Crippen LogP contribution in [0, 0.1) is 0 Å². The van der Waals surface area contributed by atoms with Crippen LogP contribution in [-0.4, -0.2) is 9.97 Å². The monoisotopic (exact) mass is 351 g/mol. The Morgan fingerprint density at radius 2 is 1.85 bits per heavy atom. The van der Waals surface area contributed by atoms with Crippen LogP contribution in [0.2, 0.25) is 0 Å². The highest BCUT2D eigenvalue weighted by Gasteiger charge is 2.02. The van der Waals surface area contributed by atoms with Crippen molar-refractivity contribution in [2.24, 2.45) is 0 Å². The molecule has 0 amide bonds. The Morgan fingerprint density at radius 3 is 2.55 bits per heavy atom. The molecule has 0 atom stereocenters. The molecule has 102 valence electrons. The SMILES string of the molecule is O=c1[nH]c2ccc(NCc3csc(Br)c3)cc2[nH]c1=O. The summed E-state index contributed by atoms with van der Waals surface area (Å²) in [5.41, 5.74) is 1.99. The molecule has 0 spiro atoms. The minimum absolute atomic E-state index is 0.603. The number of benzene rings is 1. The number of H-pyrrole nitrogens is 2. The lowest BCUT2D eigenvalue weighted by Crippen LogP contribution is -2.28. The lowest BCUT2D eigenvalue weighted by Gasteiger charge is -2.06. The lowest BCUT2D eigenvalue weighted by molar-refractivity contribution is 1.14. The zero-order valence-electron chi connectivity index (χ0n) is 10.2. The third-order valence-corrected chi connectivity index (χ3v) is 4.39. The highest BCUT2D eigenvalue weighted by atomic mass is 79.9. The van der Waals surface area contributed by atoms with E-state index in [0.717, 1.165) is 9.47 Å². The molecule has 0 aliphatic heterocycles. The first kappa shape index (κ1) is 13.1. The fraction of sp³-hybridized carbons (Fsp3) is 0.0769. The standard InChI is InChI=1S/C13H10BrN3O2S/c14-11-3-7(6-20-11)5-15-8-1-2-9-10(4-8)17-13(19)12(18)16-9/h1-4,6,15H,5H2,(H,16,18)(H,17,19). The summed E-state index contributed by atoms with van der Waals surface area (Å²) in [6.07, 6.45) is 0. The van der Waals surface area contributed by atoms with Gasteiger partial charge < -0.3 is 15.3 Å². The van der Waals surface area contributed by atoms with Gasteiger partial charge in [-0.05, 0) is 51.1 Å². The number of fused-ring (bicyclic) bond motifs is 1. The maximum absolute atomic E-state index is 11.3. The first-order valence-corrected chi connectivity index (χ1v) is 7.52. The summed E-state index contributed by atoms with van der Waals surface area (Å²) in [4.78, 5) is 27.6. The molecule has 5 nitrogen and oxygen atoms in total. The van der Waals surface area contributed by atoms with Crippen molar-refractivity contribution in [2.45, 2.75) is 6.54 Å². The van der Waals surface area contributed by atoms with Crippen LogP contribution in [0.5, 0.6) is 0 Å². The third-order valence-electron chi connectivity index (χ3n) is 2.84. The van der Waals surface area contributed by atoms with Crippen molar-refractivity contribution in [2.75, 3.05) is 5.32 Å². The largest absolute Gasteiger partial charge is 0.381 e. The van der Waals surface area contributed by atoms with Crippen molar-refractivity contribution in [3.8, 4) is 0 Å². The molecule has 0 fully saturated rings. The zero-order valence-corrected chi connectivity index (χ0v) is 12.6. The van der Waals surface area contributed by atoms with Crippen LogP contribution in [0.4, 0.5) is 5.69 Å². The van der Waals surface area contributed by atoms with Gasteiger partial charge in [0.15, 0.2) is 0 Å². The number of halogens is 1. The van der Waals surface area contributed by atoms with Crippen LogP contribution >= 0.6 is 27.3 Å². The van der Waals surface area contributed by atoms with Crippen molar-refractivity contribution < 1.29 is 0 Å². The first-order valence-electron chi connectivity index (χ1n) is 5.85. The summed E-state index contributed by atoms with van der Waals surface area (Å²) in [5, 5.41) is 5.34. The van der Waals surface area contributed by atoms with Crippen molar-refractivity contribution in [1.82, 2.24) is 9.97 Å². The van der Waals surface area contributed by atoms with E-state index in [1.807, 2.05) is 6.07 Å². The molecule has 0 aliphatic carbocycles. The fourth-order valence-corrected chi connectivity index (χ4v) is 3.08. The second kappa shape index (κ2) is 5.26. The van der Waals surface area contributed by atoms with Gasteiger partial charge in [-0.2, -0.15) is 0 Å². The minimum Gasteiger partial charge on any atom is -0.381 e. The molecule has 3 rings (SSSR count). The first-order chi connectivity index (χ1) is 9.61. The number of hydrogen-bond acceptors (Lipinski definition) is 4. The van der Waals surface area contributed by atoms with Crippen molar-refractivity contribution in [1.29, 1.82) is 0 Å². The van der Waals surface area contributed by atoms with Crippen LogP contribution in [0.3, 0.4) is 0 Å². The predicted octanol–water partition coefficient (Wildman–Crippen LogP) is 2.65. The van der Waals surface area contributed by atoms with Gasteiger partial charge in [0.1, 0.15) is 0 Å². The molecule has 0 saturated heterocycles. The molecule has 0 aliphatic rings. The summed E-state index contributed by atoms with van der Waals surface area (Å²) in [6, 6.07) is 7.47. The van der Waals surface area contributed by atoms with Crippen LogP contribution in [0.1, 0.15) is 5.56 Å². The summed E-state index contributed by atoms with van der Waals surface area (Å²) < 4.78 is 1.09. The summed E-state index contributed by atoms with van der Waals surface area (Å²) in [7, 11) is 0. The maximum Gasteiger partial charge on any atom is 0.314 e. The van der Waals surface area contributed by atoms with E-state index in [2.05, 4.69) is 42.7 Å². The van der Waals surface area contributed by atoms with E-state index in [9.17, 15) is 9.59 Å². The van der Waals surface area contributed by atoms with Crippen LogP contribution in [0.15, 0.2) is 43.0 Å². The number of nitrogens with one attached hydrogen (secondary N) is 3. The van der Waals surface area contributed by atoms with Gasteiger partial charge in [-0.3, -0.25) is 9.59 Å². The predicted molar refractivity (Wildman–Crippen MR) is 84.5 cm³/mol. The summed E-state index contributed by atoms with van der Waals surface area (Å²) in [5.74, 6) is 0. The van der Waals surface area contributed by atoms with E-state index in [1.165, 1.54) is 5.56 Å². The highest BCUT2D eigenvalue weighted by Crippen LogP contribution is 2.22. The fourth-order valence-electron chi connectivity index (χ4n) is 1.87. The highest BCUT2D eigenvalue weighted by molar-refractivity contribution is 9.11.